The first-order valence-electron chi connectivity index (χ1n) is 6.41. The van der Waals surface area contributed by atoms with E-state index >= 15 is 0 Å². The van der Waals surface area contributed by atoms with Crippen molar-refractivity contribution in [1.29, 1.82) is 5.26 Å². The first-order chi connectivity index (χ1) is 9.61. The number of nitriles is 1. The van der Waals surface area contributed by atoms with Crippen molar-refractivity contribution in [3.63, 3.8) is 0 Å². The molecule has 2 heterocycles. The molecule has 0 spiro atoms. The maximum absolute atomic E-state index is 13.6. The van der Waals surface area contributed by atoms with E-state index in [1.165, 1.54) is 17.4 Å². The van der Waals surface area contributed by atoms with Crippen LogP contribution >= 0.6 is 11.3 Å². The van der Waals surface area contributed by atoms with Gasteiger partial charge in [0.1, 0.15) is 10.9 Å². The number of hydrogen-bond acceptors (Lipinski definition) is 2. The minimum atomic E-state index is -0.436. The van der Waals surface area contributed by atoms with Crippen LogP contribution in [0.4, 0.5) is 4.39 Å². The van der Waals surface area contributed by atoms with Crippen LogP contribution in [0.3, 0.4) is 0 Å². The van der Waals surface area contributed by atoms with Crippen molar-refractivity contribution in [2.75, 3.05) is 0 Å². The smallest absolute Gasteiger partial charge is 0.152 e. The highest BCUT2D eigenvalue weighted by molar-refractivity contribution is 7.16. The summed E-state index contributed by atoms with van der Waals surface area (Å²) in [4.78, 5) is 0.941. The third kappa shape index (κ3) is 1.91. The van der Waals surface area contributed by atoms with E-state index in [1.807, 2.05) is 30.5 Å². The zero-order valence-corrected chi connectivity index (χ0v) is 12.0. The van der Waals surface area contributed by atoms with Crippen LogP contribution in [0.25, 0.3) is 21.3 Å². The predicted octanol–water partition coefficient (Wildman–Crippen LogP) is 4.96. The molecular weight excluding hydrogens is 271 g/mol. The van der Waals surface area contributed by atoms with E-state index < -0.39 is 5.82 Å². The van der Waals surface area contributed by atoms with Crippen molar-refractivity contribution in [3.05, 3.63) is 47.2 Å². The van der Waals surface area contributed by atoms with Gasteiger partial charge in [0.05, 0.1) is 0 Å². The lowest BCUT2D eigenvalue weighted by atomic mass is 10.1. The molecule has 100 valence electrons. The number of para-hydroxylation sites is 1. The fraction of sp³-hybridized carbons (Fsp3) is 0.188. The summed E-state index contributed by atoms with van der Waals surface area (Å²) < 4.78 is 15.8. The minimum absolute atomic E-state index is 0.140. The van der Waals surface area contributed by atoms with E-state index in [9.17, 15) is 4.39 Å². The second-order valence-corrected chi connectivity index (χ2v) is 6.01. The van der Waals surface area contributed by atoms with Gasteiger partial charge in [0.15, 0.2) is 5.82 Å². The predicted molar refractivity (Wildman–Crippen MR) is 80.3 cm³/mol. The zero-order chi connectivity index (χ0) is 14.3. The number of thiophene rings is 1. The molecule has 0 bridgehead atoms. The highest BCUT2D eigenvalue weighted by Crippen LogP contribution is 2.37. The average molecular weight is 284 g/mol. The molecule has 3 rings (SSSR count). The van der Waals surface area contributed by atoms with Crippen LogP contribution in [0.15, 0.2) is 36.5 Å². The van der Waals surface area contributed by atoms with Gasteiger partial charge in [-0.1, -0.05) is 18.2 Å². The number of nitrogens with zero attached hydrogens (tertiary/aromatic N) is 2. The highest BCUT2D eigenvalue weighted by atomic mass is 32.1. The van der Waals surface area contributed by atoms with Crippen molar-refractivity contribution in [3.8, 4) is 16.5 Å². The Balaban J connectivity index is 2.28. The first-order valence-corrected chi connectivity index (χ1v) is 7.23. The Hall–Kier alpha value is -2.12. The Labute approximate surface area is 120 Å². The molecule has 20 heavy (non-hydrogen) atoms. The van der Waals surface area contributed by atoms with E-state index in [1.54, 1.807) is 0 Å². The summed E-state index contributed by atoms with van der Waals surface area (Å²) in [5.41, 5.74) is 2.12. The molecular formula is C16H13FN2S. The third-order valence-electron chi connectivity index (χ3n) is 3.35. The Morgan fingerprint density at radius 3 is 2.70 bits per heavy atom. The van der Waals surface area contributed by atoms with Crippen molar-refractivity contribution in [2.45, 2.75) is 19.9 Å². The number of hydrogen-bond donors (Lipinski definition) is 0. The Morgan fingerprint density at radius 2 is 2.05 bits per heavy atom. The number of halogens is 1. The molecule has 0 fully saturated rings. The Bertz CT molecular complexity index is 821. The molecule has 2 nitrogen and oxygen atoms in total. The molecule has 4 heteroatoms. The third-order valence-corrected chi connectivity index (χ3v) is 4.40. The topological polar surface area (TPSA) is 28.7 Å². The van der Waals surface area contributed by atoms with E-state index in [4.69, 9.17) is 5.26 Å². The van der Waals surface area contributed by atoms with Crippen LogP contribution in [0, 0.1) is 17.1 Å². The van der Waals surface area contributed by atoms with Crippen molar-refractivity contribution in [1.82, 2.24) is 4.57 Å². The van der Waals surface area contributed by atoms with Crippen molar-refractivity contribution in [2.24, 2.45) is 0 Å². The van der Waals surface area contributed by atoms with Gasteiger partial charge in [0.2, 0.25) is 0 Å². The molecule has 0 N–H and O–H groups in total. The molecule has 0 aliphatic heterocycles. The molecule has 0 saturated carbocycles. The monoisotopic (exact) mass is 284 g/mol. The quantitative estimate of drug-likeness (QED) is 0.653. The molecule has 2 aromatic heterocycles. The summed E-state index contributed by atoms with van der Waals surface area (Å²) in [5.74, 6) is -0.436. The van der Waals surface area contributed by atoms with Crippen LogP contribution in [0.2, 0.25) is 0 Å². The summed E-state index contributed by atoms with van der Waals surface area (Å²) in [6.07, 6.45) is 2.04. The van der Waals surface area contributed by atoms with Crippen molar-refractivity contribution < 1.29 is 4.39 Å². The lowest BCUT2D eigenvalue weighted by Gasteiger charge is -2.08. The lowest BCUT2D eigenvalue weighted by Crippen LogP contribution is -1.97. The largest absolute Gasteiger partial charge is 0.344 e. The van der Waals surface area contributed by atoms with Gasteiger partial charge in [-0.2, -0.15) is 5.26 Å². The van der Waals surface area contributed by atoms with Crippen LogP contribution in [-0.4, -0.2) is 4.57 Å². The molecule has 3 aromatic rings. The molecule has 0 aliphatic rings. The minimum Gasteiger partial charge on any atom is -0.344 e. The highest BCUT2D eigenvalue weighted by Gasteiger charge is 2.16. The first kappa shape index (κ1) is 12.9. The molecule has 0 atom stereocenters. The van der Waals surface area contributed by atoms with Gasteiger partial charge in [-0.15, -0.1) is 11.3 Å². The van der Waals surface area contributed by atoms with E-state index in [2.05, 4.69) is 24.5 Å². The van der Waals surface area contributed by atoms with Crippen molar-refractivity contribution >= 4 is 22.2 Å². The number of aromatic nitrogens is 1. The average Bonchev–Trinajstić information content (AvgIpc) is 2.99. The molecule has 0 unspecified atom stereocenters. The van der Waals surface area contributed by atoms with Gasteiger partial charge >= 0.3 is 0 Å². The standard InChI is InChI=1S/C16H13FN2S/c1-10(2)19-9-12(11-5-3-4-6-14(11)19)15-7-13(17)16(8-18)20-15/h3-7,9-10H,1-2H3. The van der Waals surface area contributed by atoms with E-state index in [0.29, 0.717) is 6.04 Å². The Kier molecular flexibility index (Phi) is 3.07. The van der Waals surface area contributed by atoms with E-state index in [0.717, 1.165) is 21.3 Å². The molecule has 0 amide bonds. The van der Waals surface area contributed by atoms with Crippen LogP contribution in [0.1, 0.15) is 24.8 Å². The normalized spacial score (nSPS) is 11.2. The summed E-state index contributed by atoms with van der Waals surface area (Å²) in [7, 11) is 0. The second-order valence-electron chi connectivity index (χ2n) is 4.96. The van der Waals surface area contributed by atoms with Gasteiger partial charge < -0.3 is 4.57 Å². The summed E-state index contributed by atoms with van der Waals surface area (Å²) >= 11 is 1.20. The fourth-order valence-corrected chi connectivity index (χ4v) is 3.26. The van der Waals surface area contributed by atoms with E-state index in [-0.39, 0.29) is 4.88 Å². The number of fused-ring (bicyclic) bond motifs is 1. The molecule has 0 aliphatic carbocycles. The van der Waals surface area contributed by atoms with Gasteiger partial charge in [0.25, 0.3) is 0 Å². The summed E-state index contributed by atoms with van der Waals surface area (Å²) in [6, 6.07) is 11.8. The SMILES string of the molecule is CC(C)n1cc(-c2cc(F)c(C#N)s2)c2ccccc21. The fourth-order valence-electron chi connectivity index (χ4n) is 2.41. The Morgan fingerprint density at radius 1 is 1.30 bits per heavy atom. The summed E-state index contributed by atoms with van der Waals surface area (Å²) in [5, 5.41) is 9.99. The van der Waals surface area contributed by atoms with Gasteiger partial charge in [0, 0.05) is 33.6 Å². The summed E-state index contributed by atoms with van der Waals surface area (Å²) in [6.45, 7) is 4.23. The lowest BCUT2D eigenvalue weighted by molar-refractivity contribution is 0.623. The second kappa shape index (κ2) is 4.77. The zero-order valence-electron chi connectivity index (χ0n) is 11.2. The van der Waals surface area contributed by atoms with Gasteiger partial charge in [-0.05, 0) is 26.0 Å². The van der Waals surface area contributed by atoms with Crippen LogP contribution in [-0.2, 0) is 0 Å². The molecule has 0 saturated heterocycles. The van der Waals surface area contributed by atoms with Gasteiger partial charge in [-0.25, -0.2) is 4.39 Å². The number of benzene rings is 1. The van der Waals surface area contributed by atoms with Crippen LogP contribution < -0.4 is 0 Å². The maximum atomic E-state index is 13.6. The van der Waals surface area contributed by atoms with Gasteiger partial charge in [-0.3, -0.25) is 0 Å². The maximum Gasteiger partial charge on any atom is 0.152 e. The number of rotatable bonds is 2. The van der Waals surface area contributed by atoms with Crippen LogP contribution in [0.5, 0.6) is 0 Å². The molecule has 1 aromatic carbocycles. The molecule has 0 radical (unpaired) electrons.